The summed E-state index contributed by atoms with van der Waals surface area (Å²) in [5.41, 5.74) is 5.69. The van der Waals surface area contributed by atoms with E-state index >= 15 is 0 Å². The number of hydrogen-bond donors (Lipinski definition) is 1. The van der Waals surface area contributed by atoms with Gasteiger partial charge in [0.25, 0.3) is 0 Å². The molecule has 0 radical (unpaired) electrons. The summed E-state index contributed by atoms with van der Waals surface area (Å²) in [6.07, 6.45) is 3.26. The Kier molecular flexibility index (Phi) is 6.59. The number of anilines is 1. The molecule has 4 aromatic rings. The third-order valence-corrected chi connectivity index (χ3v) is 5.77. The van der Waals surface area contributed by atoms with E-state index in [2.05, 4.69) is 5.32 Å². The molecule has 4 rings (SSSR count). The lowest BCUT2D eigenvalue weighted by Gasteiger charge is -2.12. The van der Waals surface area contributed by atoms with E-state index in [4.69, 9.17) is 18.6 Å². The summed E-state index contributed by atoms with van der Waals surface area (Å²) >= 11 is 0. The summed E-state index contributed by atoms with van der Waals surface area (Å²) in [5, 5.41) is 3.81. The number of hydrogen-bond acceptors (Lipinski definition) is 5. The van der Waals surface area contributed by atoms with E-state index in [1.54, 1.807) is 33.7 Å². The Labute approximate surface area is 198 Å². The first-order valence-corrected chi connectivity index (χ1v) is 10.8. The number of benzene rings is 3. The highest BCUT2D eigenvalue weighted by Crippen LogP contribution is 2.41. The highest BCUT2D eigenvalue weighted by Gasteiger charge is 2.18. The number of methoxy groups -OCH3 is 3. The van der Waals surface area contributed by atoms with Gasteiger partial charge in [0.15, 0.2) is 0 Å². The molecule has 1 amide bonds. The van der Waals surface area contributed by atoms with Gasteiger partial charge in [-0.2, -0.15) is 0 Å². The van der Waals surface area contributed by atoms with Crippen molar-refractivity contribution in [3.8, 4) is 28.4 Å². The van der Waals surface area contributed by atoms with Crippen LogP contribution in [0.2, 0.25) is 0 Å². The van der Waals surface area contributed by atoms with E-state index in [0.29, 0.717) is 22.8 Å². The molecule has 0 aliphatic rings. The molecule has 0 atom stereocenters. The average Bonchev–Trinajstić information content (AvgIpc) is 3.26. The Hall–Kier alpha value is -4.19. The normalized spacial score (nSPS) is 11.4. The van der Waals surface area contributed by atoms with Gasteiger partial charge in [-0.25, -0.2) is 0 Å². The highest BCUT2D eigenvalue weighted by molar-refractivity contribution is 6.05. The smallest absolute Gasteiger partial charge is 0.248 e. The highest BCUT2D eigenvalue weighted by atomic mass is 16.5. The number of para-hydroxylation sites is 1. The van der Waals surface area contributed by atoms with Gasteiger partial charge in [0.2, 0.25) is 5.91 Å². The number of aryl methyl sites for hydroxylation is 1. The number of fused-ring (bicyclic) bond motifs is 1. The van der Waals surface area contributed by atoms with Crippen LogP contribution in [0.5, 0.6) is 17.2 Å². The minimum Gasteiger partial charge on any atom is -0.497 e. The van der Waals surface area contributed by atoms with Gasteiger partial charge in [-0.1, -0.05) is 18.2 Å². The maximum atomic E-state index is 12.7. The van der Waals surface area contributed by atoms with Crippen LogP contribution in [-0.2, 0) is 4.79 Å². The number of rotatable bonds is 7. The van der Waals surface area contributed by atoms with Crippen molar-refractivity contribution >= 4 is 28.1 Å². The monoisotopic (exact) mass is 457 g/mol. The molecule has 6 heteroatoms. The van der Waals surface area contributed by atoms with Crippen LogP contribution >= 0.6 is 0 Å². The van der Waals surface area contributed by atoms with Crippen LogP contribution in [0.4, 0.5) is 5.69 Å². The minimum atomic E-state index is -0.212. The fraction of sp³-hybridized carbons (Fsp3) is 0.179. The van der Waals surface area contributed by atoms with Crippen LogP contribution in [0.1, 0.15) is 18.1 Å². The third-order valence-electron chi connectivity index (χ3n) is 5.77. The van der Waals surface area contributed by atoms with Gasteiger partial charge < -0.3 is 23.9 Å². The summed E-state index contributed by atoms with van der Waals surface area (Å²) in [6.45, 7) is 3.84. The summed E-state index contributed by atoms with van der Waals surface area (Å²) in [6, 6.07) is 17.1. The van der Waals surface area contributed by atoms with Crippen molar-refractivity contribution in [3.05, 3.63) is 78.1 Å². The standard InChI is InChI=1S/C28H27NO5/c1-17-8-6-7-9-24(17)29-28(30)12-18(2)20-14-22-23(16-34-27(22)15-26(20)33-5)21-13-19(31-3)10-11-25(21)32-4/h6-16H,1-5H3,(H,29,30)/b18-12+. The summed E-state index contributed by atoms with van der Waals surface area (Å²) in [7, 11) is 4.85. The summed E-state index contributed by atoms with van der Waals surface area (Å²) in [5.74, 6) is 1.81. The van der Waals surface area contributed by atoms with E-state index in [9.17, 15) is 4.79 Å². The van der Waals surface area contributed by atoms with Crippen molar-refractivity contribution in [1.29, 1.82) is 0 Å². The van der Waals surface area contributed by atoms with E-state index < -0.39 is 0 Å². The molecule has 174 valence electrons. The number of ether oxygens (including phenoxy) is 3. The van der Waals surface area contributed by atoms with Crippen molar-refractivity contribution in [1.82, 2.24) is 0 Å². The lowest BCUT2D eigenvalue weighted by molar-refractivity contribution is -0.111. The zero-order valence-electron chi connectivity index (χ0n) is 19.9. The molecule has 0 spiro atoms. The quantitative estimate of drug-likeness (QED) is 0.322. The Bertz CT molecular complexity index is 1380. The van der Waals surface area contributed by atoms with E-state index in [-0.39, 0.29) is 5.91 Å². The molecule has 0 saturated heterocycles. The zero-order chi connectivity index (χ0) is 24.2. The van der Waals surface area contributed by atoms with Gasteiger partial charge in [0.1, 0.15) is 22.8 Å². The Morgan fingerprint density at radius 3 is 2.38 bits per heavy atom. The Morgan fingerprint density at radius 2 is 1.68 bits per heavy atom. The van der Waals surface area contributed by atoms with Crippen molar-refractivity contribution in [2.24, 2.45) is 0 Å². The van der Waals surface area contributed by atoms with E-state index in [1.807, 2.05) is 68.4 Å². The van der Waals surface area contributed by atoms with Gasteiger partial charge in [0, 0.05) is 39.9 Å². The van der Waals surface area contributed by atoms with Crippen LogP contribution in [0.25, 0.3) is 27.7 Å². The summed E-state index contributed by atoms with van der Waals surface area (Å²) < 4.78 is 22.4. The SMILES string of the molecule is COc1ccc(OC)c(-c2coc3cc(OC)c(/C(C)=C/C(=O)Nc4ccccc4C)cc23)c1. The lowest BCUT2D eigenvalue weighted by Crippen LogP contribution is -2.09. The number of carbonyl (C=O) groups is 1. The average molecular weight is 458 g/mol. The third kappa shape index (κ3) is 4.48. The van der Waals surface area contributed by atoms with Crippen LogP contribution in [0.15, 0.2) is 71.4 Å². The molecule has 1 heterocycles. The van der Waals surface area contributed by atoms with Crippen LogP contribution in [0.3, 0.4) is 0 Å². The fourth-order valence-corrected chi connectivity index (χ4v) is 3.92. The van der Waals surface area contributed by atoms with Crippen molar-refractivity contribution in [2.45, 2.75) is 13.8 Å². The second-order valence-corrected chi connectivity index (χ2v) is 7.90. The molecule has 34 heavy (non-hydrogen) atoms. The fourth-order valence-electron chi connectivity index (χ4n) is 3.92. The molecule has 6 nitrogen and oxygen atoms in total. The van der Waals surface area contributed by atoms with E-state index in [1.165, 1.54) is 0 Å². The Morgan fingerprint density at radius 1 is 0.912 bits per heavy atom. The van der Waals surface area contributed by atoms with Crippen LogP contribution < -0.4 is 19.5 Å². The topological polar surface area (TPSA) is 69.9 Å². The lowest BCUT2D eigenvalue weighted by atomic mass is 9.98. The zero-order valence-corrected chi connectivity index (χ0v) is 19.9. The first-order valence-electron chi connectivity index (χ1n) is 10.8. The van der Waals surface area contributed by atoms with Crippen molar-refractivity contribution in [2.75, 3.05) is 26.6 Å². The molecule has 0 aliphatic heterocycles. The predicted molar refractivity (Wildman–Crippen MR) is 135 cm³/mol. The van der Waals surface area contributed by atoms with Gasteiger partial charge >= 0.3 is 0 Å². The molecular weight excluding hydrogens is 430 g/mol. The Balaban J connectivity index is 1.77. The van der Waals surface area contributed by atoms with Crippen LogP contribution in [0, 0.1) is 6.92 Å². The number of nitrogens with one attached hydrogen (secondary N) is 1. The van der Waals surface area contributed by atoms with Gasteiger partial charge in [-0.15, -0.1) is 0 Å². The molecule has 0 unspecified atom stereocenters. The van der Waals surface area contributed by atoms with Gasteiger partial charge in [0.05, 0.1) is 27.6 Å². The molecule has 0 saturated carbocycles. The first kappa shape index (κ1) is 23.0. The second kappa shape index (κ2) is 9.75. The van der Waals surface area contributed by atoms with Gasteiger partial charge in [-0.05, 0) is 55.3 Å². The second-order valence-electron chi connectivity index (χ2n) is 7.90. The predicted octanol–water partition coefficient (Wildman–Crippen LogP) is 6.48. The molecule has 0 fully saturated rings. The number of furan rings is 1. The van der Waals surface area contributed by atoms with E-state index in [0.717, 1.165) is 38.9 Å². The molecular formula is C28H27NO5. The summed E-state index contributed by atoms with van der Waals surface area (Å²) in [4.78, 5) is 12.7. The van der Waals surface area contributed by atoms with Crippen LogP contribution in [-0.4, -0.2) is 27.2 Å². The minimum absolute atomic E-state index is 0.212. The van der Waals surface area contributed by atoms with Crippen molar-refractivity contribution in [3.63, 3.8) is 0 Å². The van der Waals surface area contributed by atoms with Gasteiger partial charge in [-0.3, -0.25) is 4.79 Å². The van der Waals surface area contributed by atoms with Crippen molar-refractivity contribution < 1.29 is 23.4 Å². The molecule has 1 N–H and O–H groups in total. The molecule has 3 aromatic carbocycles. The molecule has 0 bridgehead atoms. The maximum Gasteiger partial charge on any atom is 0.248 e. The molecule has 1 aromatic heterocycles. The number of amides is 1. The maximum absolute atomic E-state index is 12.7. The first-order chi connectivity index (χ1) is 16.4. The number of carbonyl (C=O) groups excluding carboxylic acids is 1. The number of allylic oxidation sites excluding steroid dienone is 1. The molecule has 0 aliphatic carbocycles. The largest absolute Gasteiger partial charge is 0.497 e.